The fourth-order valence-corrected chi connectivity index (χ4v) is 1.98. The van der Waals surface area contributed by atoms with E-state index in [2.05, 4.69) is 75.2 Å². The number of rotatable bonds is 14. The molecule has 0 atom stereocenters. The Morgan fingerprint density at radius 3 is 2.22 bits per heavy atom. The van der Waals surface area contributed by atoms with E-state index in [1.54, 1.807) is 0 Å². The number of unbranched alkanes of at least 4 members (excludes halogenated alkanes) is 2. The van der Waals surface area contributed by atoms with E-state index in [0.29, 0.717) is 13.0 Å². The molecule has 5 heteroatoms. The number of carbonyl (C=O) groups excluding carboxylic acids is 1. The molecule has 0 unspecified atom stereocenters. The fraction of sp³-hybridized carbons (Fsp3) is 0.500. The Bertz CT molecular complexity index is 601. The molecular weight excluding hydrogens is 338 g/mol. The topological polar surface area (TPSA) is 75.1 Å². The number of allylic oxidation sites excluding steroid dienone is 8. The van der Waals surface area contributed by atoms with Crippen LogP contribution in [-0.2, 0) is 9.53 Å². The minimum Gasteiger partial charge on any atom is -0.469 e. The van der Waals surface area contributed by atoms with E-state index in [1.807, 2.05) is 0 Å². The van der Waals surface area contributed by atoms with Crippen LogP contribution in [0.15, 0.2) is 53.7 Å². The van der Waals surface area contributed by atoms with Crippen molar-refractivity contribution in [1.82, 2.24) is 0 Å². The molecule has 0 bridgehead atoms. The van der Waals surface area contributed by atoms with Gasteiger partial charge in [0.15, 0.2) is 0 Å². The molecule has 5 nitrogen and oxygen atoms in total. The van der Waals surface area contributed by atoms with Crippen molar-refractivity contribution >= 4 is 5.97 Å². The Labute approximate surface area is 163 Å². The van der Waals surface area contributed by atoms with Crippen molar-refractivity contribution in [2.75, 3.05) is 13.7 Å². The minimum atomic E-state index is -0.142. The van der Waals surface area contributed by atoms with Crippen molar-refractivity contribution in [1.29, 1.82) is 0 Å². The zero-order chi connectivity index (χ0) is 19.8. The lowest BCUT2D eigenvalue weighted by atomic mass is 10.2. The summed E-state index contributed by atoms with van der Waals surface area (Å²) in [5.74, 6) is 6.00. The summed E-state index contributed by atoms with van der Waals surface area (Å²) in [6, 6.07) is 0. The van der Waals surface area contributed by atoms with Gasteiger partial charge in [0, 0.05) is 30.7 Å². The lowest BCUT2D eigenvalue weighted by Crippen LogP contribution is -1.98. The molecule has 0 aliphatic carbocycles. The Kier molecular flexibility index (Phi) is 19.2. The number of esters is 1. The van der Waals surface area contributed by atoms with Gasteiger partial charge < -0.3 is 4.74 Å². The highest BCUT2D eigenvalue weighted by Gasteiger charge is 1.96. The molecule has 0 rings (SSSR count). The highest BCUT2D eigenvalue weighted by molar-refractivity contribution is 5.69. The first-order valence-electron chi connectivity index (χ1n) is 9.44. The maximum atomic E-state index is 10.9. The number of nitrogens with zero attached hydrogens (tertiary/aromatic N) is 3. The molecule has 0 fully saturated rings. The molecular formula is C22H31N3O2. The zero-order valence-corrected chi connectivity index (χ0v) is 16.3. The second-order valence-corrected chi connectivity index (χ2v) is 5.68. The van der Waals surface area contributed by atoms with Gasteiger partial charge in [-0.1, -0.05) is 59.6 Å². The van der Waals surface area contributed by atoms with Gasteiger partial charge in [-0.25, -0.2) is 0 Å². The smallest absolute Gasteiger partial charge is 0.305 e. The first-order chi connectivity index (χ1) is 13.3. The van der Waals surface area contributed by atoms with E-state index in [-0.39, 0.29) is 5.97 Å². The summed E-state index contributed by atoms with van der Waals surface area (Å²) in [7, 11) is 1.42. The summed E-state index contributed by atoms with van der Waals surface area (Å²) < 4.78 is 4.59. The summed E-state index contributed by atoms with van der Waals surface area (Å²) in [5.41, 5.74) is 8.13. The van der Waals surface area contributed by atoms with Gasteiger partial charge in [-0.2, -0.15) is 0 Å². The summed E-state index contributed by atoms with van der Waals surface area (Å²) in [5, 5.41) is 3.46. The Morgan fingerprint density at radius 1 is 0.963 bits per heavy atom. The maximum absolute atomic E-state index is 10.9. The monoisotopic (exact) mass is 369 g/mol. The van der Waals surface area contributed by atoms with Gasteiger partial charge in [0.25, 0.3) is 0 Å². The van der Waals surface area contributed by atoms with Crippen LogP contribution in [0.25, 0.3) is 10.4 Å². The van der Waals surface area contributed by atoms with Gasteiger partial charge in [-0.15, -0.1) is 5.92 Å². The molecule has 0 aromatic heterocycles. The quantitative estimate of drug-likeness (QED) is 0.0694. The number of azide groups is 1. The number of ether oxygens (including phenoxy) is 1. The summed E-state index contributed by atoms with van der Waals surface area (Å²) >= 11 is 0. The molecule has 0 aromatic rings. The highest BCUT2D eigenvalue weighted by Crippen LogP contribution is 2.00. The van der Waals surface area contributed by atoms with E-state index >= 15 is 0 Å². The van der Waals surface area contributed by atoms with E-state index in [9.17, 15) is 4.79 Å². The third kappa shape index (κ3) is 21.3. The second-order valence-electron chi connectivity index (χ2n) is 5.68. The normalized spacial score (nSPS) is 11.1. The van der Waals surface area contributed by atoms with Crippen LogP contribution in [0.3, 0.4) is 0 Å². The number of hydrogen-bond acceptors (Lipinski definition) is 3. The fourth-order valence-electron chi connectivity index (χ4n) is 1.98. The maximum Gasteiger partial charge on any atom is 0.305 e. The van der Waals surface area contributed by atoms with Crippen molar-refractivity contribution < 1.29 is 9.53 Å². The molecule has 146 valence electrons. The van der Waals surface area contributed by atoms with Crippen molar-refractivity contribution in [3.8, 4) is 11.8 Å². The second kappa shape index (κ2) is 21.3. The standard InChI is InChI=1S/C22H31N3O2/c1-27-22(26)20-18-16-14-12-10-8-6-4-2-3-5-7-9-11-13-15-17-19-21-24-25-23/h2-3,6-9,12,14H,4-5,10-11,16-21H2,1H3/b3-2+,8-6+,9-7+,14-12+. The minimum absolute atomic E-state index is 0.142. The summed E-state index contributed by atoms with van der Waals surface area (Å²) in [6.07, 6.45) is 24.4. The highest BCUT2D eigenvalue weighted by atomic mass is 16.5. The van der Waals surface area contributed by atoms with Gasteiger partial charge in [0.1, 0.15) is 0 Å². The number of hydrogen-bond donors (Lipinski definition) is 0. The van der Waals surface area contributed by atoms with Gasteiger partial charge in [-0.3, -0.25) is 4.79 Å². The van der Waals surface area contributed by atoms with Crippen LogP contribution in [0.4, 0.5) is 0 Å². The average Bonchev–Trinajstić information content (AvgIpc) is 2.68. The molecule has 0 radical (unpaired) electrons. The molecule has 27 heavy (non-hydrogen) atoms. The summed E-state index contributed by atoms with van der Waals surface area (Å²) in [4.78, 5) is 13.6. The lowest BCUT2D eigenvalue weighted by Gasteiger charge is -1.95. The molecule has 0 saturated heterocycles. The molecule has 0 aliphatic rings. The average molecular weight is 370 g/mol. The van der Waals surface area contributed by atoms with E-state index in [0.717, 1.165) is 51.4 Å². The van der Waals surface area contributed by atoms with E-state index in [1.165, 1.54) is 7.11 Å². The number of carbonyl (C=O) groups is 1. The van der Waals surface area contributed by atoms with E-state index < -0.39 is 0 Å². The molecule has 0 aromatic carbocycles. The van der Waals surface area contributed by atoms with Crippen LogP contribution >= 0.6 is 0 Å². The molecule has 0 N–H and O–H groups in total. The van der Waals surface area contributed by atoms with Gasteiger partial charge in [0.2, 0.25) is 0 Å². The van der Waals surface area contributed by atoms with Gasteiger partial charge in [0.05, 0.1) is 7.11 Å². The van der Waals surface area contributed by atoms with Crippen LogP contribution < -0.4 is 0 Å². The SMILES string of the molecule is COC(=O)CCC/C=C/C/C=C/C/C=C/C/C=C/CC#CCCCN=[N+]=[N-]. The molecule has 0 heterocycles. The third-order valence-electron chi connectivity index (χ3n) is 3.43. The Hall–Kier alpha value is -2.70. The molecule has 0 amide bonds. The summed E-state index contributed by atoms with van der Waals surface area (Å²) in [6.45, 7) is 0.521. The molecule has 0 spiro atoms. The molecule has 0 aliphatic heterocycles. The predicted molar refractivity (Wildman–Crippen MR) is 112 cm³/mol. The van der Waals surface area contributed by atoms with Crippen LogP contribution in [0.1, 0.15) is 57.8 Å². The van der Waals surface area contributed by atoms with Crippen molar-refractivity contribution in [2.45, 2.75) is 57.8 Å². The molecule has 0 saturated carbocycles. The van der Waals surface area contributed by atoms with Crippen molar-refractivity contribution in [2.24, 2.45) is 5.11 Å². The van der Waals surface area contributed by atoms with Crippen molar-refractivity contribution in [3.05, 3.63) is 59.1 Å². The van der Waals surface area contributed by atoms with E-state index in [4.69, 9.17) is 5.53 Å². The van der Waals surface area contributed by atoms with Gasteiger partial charge in [-0.05, 0) is 44.1 Å². The third-order valence-corrected chi connectivity index (χ3v) is 3.43. The predicted octanol–water partition coefficient (Wildman–Crippen LogP) is 6.21. The van der Waals surface area contributed by atoms with Crippen LogP contribution in [0.2, 0.25) is 0 Å². The first kappa shape index (κ1) is 24.3. The van der Waals surface area contributed by atoms with Crippen LogP contribution in [-0.4, -0.2) is 19.6 Å². The Morgan fingerprint density at radius 2 is 1.59 bits per heavy atom. The first-order valence-corrected chi connectivity index (χ1v) is 9.44. The van der Waals surface area contributed by atoms with Crippen molar-refractivity contribution in [3.63, 3.8) is 0 Å². The Balaban J connectivity index is 3.53. The lowest BCUT2D eigenvalue weighted by molar-refractivity contribution is -0.140. The number of methoxy groups -OCH3 is 1. The largest absolute Gasteiger partial charge is 0.469 e. The van der Waals surface area contributed by atoms with Gasteiger partial charge >= 0.3 is 5.97 Å². The zero-order valence-electron chi connectivity index (χ0n) is 16.3. The van der Waals surface area contributed by atoms with Crippen LogP contribution in [0.5, 0.6) is 0 Å². The van der Waals surface area contributed by atoms with Crippen LogP contribution in [0, 0.1) is 11.8 Å².